The predicted octanol–water partition coefficient (Wildman–Crippen LogP) is 3.02. The van der Waals surface area contributed by atoms with Crippen molar-refractivity contribution >= 4 is 11.6 Å². The van der Waals surface area contributed by atoms with Gasteiger partial charge in [-0.05, 0) is 30.7 Å². The number of rotatable bonds is 5. The smallest absolute Gasteiger partial charge is 0.232 e. The van der Waals surface area contributed by atoms with Crippen molar-refractivity contribution in [3.8, 4) is 0 Å². The van der Waals surface area contributed by atoms with E-state index in [0.29, 0.717) is 23.8 Å². The van der Waals surface area contributed by atoms with Crippen LogP contribution in [0.4, 0.5) is 10.1 Å². The number of benzene rings is 2. The molecule has 0 bridgehead atoms. The van der Waals surface area contributed by atoms with Gasteiger partial charge < -0.3 is 5.32 Å². The zero-order chi connectivity index (χ0) is 16.9. The number of nitrogens with zero attached hydrogens (tertiary/aromatic N) is 2. The van der Waals surface area contributed by atoms with Crippen LogP contribution < -0.4 is 5.32 Å². The van der Waals surface area contributed by atoms with Crippen LogP contribution in [-0.2, 0) is 17.6 Å². The first kappa shape index (κ1) is 15.9. The number of H-pyrrole nitrogens is 1. The van der Waals surface area contributed by atoms with Crippen molar-refractivity contribution < 1.29 is 9.18 Å². The molecule has 0 saturated heterocycles. The van der Waals surface area contributed by atoms with Crippen molar-refractivity contribution in [3.63, 3.8) is 0 Å². The fourth-order valence-electron chi connectivity index (χ4n) is 2.31. The van der Waals surface area contributed by atoms with Gasteiger partial charge in [-0.15, -0.1) is 0 Å². The maximum absolute atomic E-state index is 13.1. The highest BCUT2D eigenvalue weighted by Crippen LogP contribution is 2.10. The average Bonchev–Trinajstić information content (AvgIpc) is 2.96. The first-order chi connectivity index (χ1) is 11.6. The lowest BCUT2D eigenvalue weighted by molar-refractivity contribution is -0.115. The van der Waals surface area contributed by atoms with Crippen LogP contribution in [0.2, 0.25) is 0 Å². The second-order valence-electron chi connectivity index (χ2n) is 5.60. The molecule has 6 heteroatoms. The van der Waals surface area contributed by atoms with Gasteiger partial charge in [0.15, 0.2) is 5.82 Å². The molecule has 3 aromatic rings. The van der Waals surface area contributed by atoms with E-state index in [1.54, 1.807) is 6.07 Å². The van der Waals surface area contributed by atoms with Crippen LogP contribution in [0.15, 0.2) is 48.5 Å². The molecule has 122 valence electrons. The molecule has 2 N–H and O–H groups in total. The third-order valence-corrected chi connectivity index (χ3v) is 3.50. The minimum atomic E-state index is -0.397. The summed E-state index contributed by atoms with van der Waals surface area (Å²) >= 11 is 0. The Balaban J connectivity index is 1.59. The van der Waals surface area contributed by atoms with Crippen molar-refractivity contribution in [2.24, 2.45) is 0 Å². The number of halogens is 1. The number of aromatic amines is 1. The molecule has 1 heterocycles. The van der Waals surface area contributed by atoms with Crippen molar-refractivity contribution in [2.45, 2.75) is 19.8 Å². The van der Waals surface area contributed by atoms with Gasteiger partial charge in [0, 0.05) is 12.1 Å². The summed E-state index contributed by atoms with van der Waals surface area (Å²) in [4.78, 5) is 16.3. The quantitative estimate of drug-likeness (QED) is 0.758. The molecule has 0 unspecified atom stereocenters. The molecule has 24 heavy (non-hydrogen) atoms. The standard InChI is InChI=1S/C18H17FN4O/c1-12-5-7-13(8-6-12)9-16-21-17(23-22-16)11-18(24)20-15-4-2-3-14(19)10-15/h2-8,10H,9,11H2,1H3,(H,20,24)(H,21,22,23). The van der Waals surface area contributed by atoms with Crippen molar-refractivity contribution in [1.29, 1.82) is 0 Å². The number of hydrogen-bond donors (Lipinski definition) is 2. The summed E-state index contributed by atoms with van der Waals surface area (Å²) in [5.41, 5.74) is 2.73. The summed E-state index contributed by atoms with van der Waals surface area (Å²) in [6.07, 6.45) is 0.652. The van der Waals surface area contributed by atoms with Crippen LogP contribution in [-0.4, -0.2) is 21.1 Å². The van der Waals surface area contributed by atoms with Gasteiger partial charge in [-0.25, -0.2) is 9.37 Å². The lowest BCUT2D eigenvalue weighted by Crippen LogP contribution is -2.15. The highest BCUT2D eigenvalue weighted by atomic mass is 19.1. The monoisotopic (exact) mass is 324 g/mol. The molecule has 2 aromatic carbocycles. The maximum Gasteiger partial charge on any atom is 0.232 e. The van der Waals surface area contributed by atoms with Crippen LogP contribution >= 0.6 is 0 Å². The van der Waals surface area contributed by atoms with E-state index >= 15 is 0 Å². The minimum Gasteiger partial charge on any atom is -0.326 e. The number of aryl methyl sites for hydroxylation is 1. The van der Waals surface area contributed by atoms with E-state index < -0.39 is 5.82 Å². The Hall–Kier alpha value is -3.02. The SMILES string of the molecule is Cc1ccc(Cc2nc(CC(=O)Nc3cccc(F)c3)n[nH]2)cc1. The molecule has 3 rings (SSSR count). The van der Waals surface area contributed by atoms with Gasteiger partial charge in [0.2, 0.25) is 5.91 Å². The Kier molecular flexibility index (Phi) is 4.65. The van der Waals surface area contributed by atoms with Gasteiger partial charge in [-0.1, -0.05) is 35.9 Å². The van der Waals surface area contributed by atoms with E-state index in [4.69, 9.17) is 0 Å². The summed E-state index contributed by atoms with van der Waals surface area (Å²) in [5, 5.41) is 9.53. The highest BCUT2D eigenvalue weighted by molar-refractivity contribution is 5.91. The summed E-state index contributed by atoms with van der Waals surface area (Å²) in [6, 6.07) is 13.9. The molecule has 0 aliphatic rings. The van der Waals surface area contributed by atoms with Gasteiger partial charge in [0.25, 0.3) is 0 Å². The summed E-state index contributed by atoms with van der Waals surface area (Å²) in [5.74, 6) is 0.422. The first-order valence-corrected chi connectivity index (χ1v) is 7.59. The van der Waals surface area contributed by atoms with E-state index in [9.17, 15) is 9.18 Å². The summed E-state index contributed by atoms with van der Waals surface area (Å²) < 4.78 is 13.1. The third kappa shape index (κ3) is 4.25. The Bertz CT molecular complexity index is 842. The first-order valence-electron chi connectivity index (χ1n) is 7.59. The van der Waals surface area contributed by atoms with Crippen molar-refractivity contribution in [1.82, 2.24) is 15.2 Å². The van der Waals surface area contributed by atoms with Gasteiger partial charge in [0.1, 0.15) is 11.6 Å². The molecule has 0 saturated carbocycles. The molecule has 0 aliphatic carbocycles. The lowest BCUT2D eigenvalue weighted by atomic mass is 10.1. The number of nitrogens with one attached hydrogen (secondary N) is 2. The van der Waals surface area contributed by atoms with E-state index in [2.05, 4.69) is 20.5 Å². The molecule has 0 aliphatic heterocycles. The number of hydrogen-bond acceptors (Lipinski definition) is 3. The van der Waals surface area contributed by atoms with Crippen LogP contribution in [0, 0.1) is 12.7 Å². The Morgan fingerprint density at radius 2 is 2.00 bits per heavy atom. The Morgan fingerprint density at radius 3 is 2.75 bits per heavy atom. The number of aromatic nitrogens is 3. The van der Waals surface area contributed by atoms with E-state index in [1.165, 1.54) is 23.8 Å². The van der Waals surface area contributed by atoms with E-state index in [-0.39, 0.29) is 12.3 Å². The van der Waals surface area contributed by atoms with E-state index in [0.717, 1.165) is 5.56 Å². The zero-order valence-corrected chi connectivity index (χ0v) is 13.2. The van der Waals surface area contributed by atoms with Crippen LogP contribution in [0.25, 0.3) is 0 Å². The van der Waals surface area contributed by atoms with Crippen LogP contribution in [0.5, 0.6) is 0 Å². The van der Waals surface area contributed by atoms with Crippen molar-refractivity contribution in [2.75, 3.05) is 5.32 Å². The third-order valence-electron chi connectivity index (χ3n) is 3.50. The predicted molar refractivity (Wildman–Crippen MR) is 89.1 cm³/mol. The molecule has 0 fully saturated rings. The highest BCUT2D eigenvalue weighted by Gasteiger charge is 2.10. The number of carbonyl (C=O) groups excluding carboxylic acids is 1. The molecule has 5 nitrogen and oxygen atoms in total. The molecular formula is C18H17FN4O. The van der Waals surface area contributed by atoms with Crippen LogP contribution in [0.3, 0.4) is 0 Å². The fraction of sp³-hybridized carbons (Fsp3) is 0.167. The molecule has 1 aromatic heterocycles. The minimum absolute atomic E-state index is 0.0287. The molecule has 0 radical (unpaired) electrons. The normalized spacial score (nSPS) is 10.6. The summed E-state index contributed by atoms with van der Waals surface area (Å²) in [6.45, 7) is 2.04. The maximum atomic E-state index is 13.1. The zero-order valence-electron chi connectivity index (χ0n) is 13.2. The van der Waals surface area contributed by atoms with Gasteiger partial charge in [-0.3, -0.25) is 9.89 Å². The second kappa shape index (κ2) is 7.04. The van der Waals surface area contributed by atoms with Gasteiger partial charge >= 0.3 is 0 Å². The Labute approximate surface area is 138 Å². The molecular weight excluding hydrogens is 307 g/mol. The summed E-state index contributed by atoms with van der Waals surface area (Å²) in [7, 11) is 0. The molecule has 0 atom stereocenters. The fourth-order valence-corrected chi connectivity index (χ4v) is 2.31. The van der Waals surface area contributed by atoms with Gasteiger partial charge in [0.05, 0.1) is 6.42 Å². The lowest BCUT2D eigenvalue weighted by Gasteiger charge is -2.03. The van der Waals surface area contributed by atoms with Gasteiger partial charge in [-0.2, -0.15) is 5.10 Å². The number of carbonyl (C=O) groups is 1. The molecule has 0 spiro atoms. The number of anilines is 1. The topological polar surface area (TPSA) is 70.7 Å². The van der Waals surface area contributed by atoms with E-state index in [1.807, 2.05) is 31.2 Å². The molecule has 1 amide bonds. The Morgan fingerprint density at radius 1 is 1.21 bits per heavy atom. The van der Waals surface area contributed by atoms with Crippen molar-refractivity contribution in [3.05, 3.63) is 77.1 Å². The van der Waals surface area contributed by atoms with Crippen LogP contribution in [0.1, 0.15) is 22.8 Å². The second-order valence-corrected chi connectivity index (χ2v) is 5.60. The average molecular weight is 324 g/mol. The number of amides is 1. The largest absolute Gasteiger partial charge is 0.326 e.